The van der Waals surface area contributed by atoms with Gasteiger partial charge in [-0.25, -0.2) is 0 Å². The van der Waals surface area contributed by atoms with Crippen molar-refractivity contribution in [1.29, 1.82) is 0 Å². The van der Waals surface area contributed by atoms with Crippen LogP contribution in [0.25, 0.3) is 0 Å². The van der Waals surface area contributed by atoms with Gasteiger partial charge in [-0.15, -0.1) is 0 Å². The molecule has 2 saturated carbocycles. The van der Waals surface area contributed by atoms with E-state index in [1.165, 1.54) is 0 Å². The van der Waals surface area contributed by atoms with Crippen LogP contribution in [-0.2, 0) is 0 Å². The molecule has 2 aliphatic rings. The molecule has 0 amide bonds. The van der Waals surface area contributed by atoms with Gasteiger partial charge in [0, 0.05) is 0 Å². The molecule has 58 valence electrons. The zero-order valence-corrected chi connectivity index (χ0v) is 7.14. The van der Waals surface area contributed by atoms with Crippen LogP contribution in [0.2, 0.25) is 0 Å². The fraction of sp³-hybridized carbons (Fsp3) is 1.00. The Morgan fingerprint density at radius 3 is 2.20 bits per heavy atom. The first-order chi connectivity index (χ1) is 4.77. The normalized spacial score (nSPS) is 45.3. The third-order valence-corrected chi connectivity index (χ3v) is 3.65. The molecule has 0 radical (unpaired) electrons. The van der Waals surface area contributed by atoms with Crippen molar-refractivity contribution < 1.29 is 0 Å². The molecule has 2 fully saturated rings. The maximum absolute atomic E-state index is 2.39. The first-order valence-corrected chi connectivity index (χ1v) is 4.77. The highest BCUT2D eigenvalue weighted by atomic mass is 14.5. The largest absolute Gasteiger partial charge is 0.0625 e. The lowest BCUT2D eigenvalue weighted by Gasteiger charge is -2.24. The Bertz CT molecular complexity index is 126. The van der Waals surface area contributed by atoms with Gasteiger partial charge in [0.15, 0.2) is 0 Å². The molecule has 0 heteroatoms. The molecule has 0 saturated heterocycles. The summed E-state index contributed by atoms with van der Waals surface area (Å²) in [6.07, 6.45) is 6.23. The van der Waals surface area contributed by atoms with Crippen molar-refractivity contribution >= 4 is 0 Å². The number of fused-ring (bicyclic) bond motifs is 2. The van der Waals surface area contributed by atoms with Gasteiger partial charge in [-0.05, 0) is 42.9 Å². The molecule has 0 nitrogen and oxygen atoms in total. The molecule has 2 bridgehead atoms. The zero-order chi connectivity index (χ0) is 7.14. The van der Waals surface area contributed by atoms with E-state index in [4.69, 9.17) is 0 Å². The Kier molecular flexibility index (Phi) is 1.51. The molecule has 0 N–H and O–H groups in total. The van der Waals surface area contributed by atoms with Gasteiger partial charge >= 0.3 is 0 Å². The minimum Gasteiger partial charge on any atom is -0.0625 e. The van der Waals surface area contributed by atoms with Crippen molar-refractivity contribution in [2.45, 2.75) is 39.5 Å². The molecular formula is C10H18. The monoisotopic (exact) mass is 138 g/mol. The smallest absolute Gasteiger partial charge is 0.0360 e. The standard InChI is InChI=1S/C10H18/c1-7(2)10-6-8-3-4-9(10)5-8/h7-10H,3-6H2,1-2H3/t8-,9+,10-/m0/s1. The first kappa shape index (κ1) is 6.69. The van der Waals surface area contributed by atoms with E-state index in [1.54, 1.807) is 25.7 Å². The topological polar surface area (TPSA) is 0 Å². The Hall–Kier alpha value is 0. The lowest BCUT2D eigenvalue weighted by molar-refractivity contribution is 0.256. The van der Waals surface area contributed by atoms with E-state index in [2.05, 4.69) is 13.8 Å². The van der Waals surface area contributed by atoms with E-state index in [0.29, 0.717) is 0 Å². The van der Waals surface area contributed by atoms with Crippen LogP contribution < -0.4 is 0 Å². The van der Waals surface area contributed by atoms with Crippen molar-refractivity contribution in [3.8, 4) is 0 Å². The van der Waals surface area contributed by atoms with Crippen LogP contribution in [-0.4, -0.2) is 0 Å². The van der Waals surface area contributed by atoms with Crippen LogP contribution in [0.3, 0.4) is 0 Å². The lowest BCUT2D eigenvalue weighted by Crippen LogP contribution is -2.15. The molecular weight excluding hydrogens is 120 g/mol. The second-order valence-electron chi connectivity index (χ2n) is 4.58. The number of hydrogen-bond donors (Lipinski definition) is 0. The molecule has 0 spiro atoms. The summed E-state index contributed by atoms with van der Waals surface area (Å²) in [7, 11) is 0. The predicted molar refractivity (Wildman–Crippen MR) is 43.8 cm³/mol. The van der Waals surface area contributed by atoms with Crippen LogP contribution in [0.15, 0.2) is 0 Å². The van der Waals surface area contributed by atoms with Crippen molar-refractivity contribution in [2.75, 3.05) is 0 Å². The third-order valence-electron chi connectivity index (χ3n) is 3.65. The fourth-order valence-electron chi connectivity index (χ4n) is 3.11. The molecule has 2 aliphatic carbocycles. The van der Waals surface area contributed by atoms with Gasteiger partial charge in [0.1, 0.15) is 0 Å². The van der Waals surface area contributed by atoms with Gasteiger partial charge in [-0.3, -0.25) is 0 Å². The van der Waals surface area contributed by atoms with Gasteiger partial charge in [-0.2, -0.15) is 0 Å². The second-order valence-corrected chi connectivity index (χ2v) is 4.58. The summed E-state index contributed by atoms with van der Waals surface area (Å²) < 4.78 is 0. The molecule has 0 aromatic carbocycles. The van der Waals surface area contributed by atoms with E-state index < -0.39 is 0 Å². The summed E-state index contributed by atoms with van der Waals surface area (Å²) in [6.45, 7) is 4.79. The molecule has 3 atom stereocenters. The minimum atomic E-state index is 0.954. The Morgan fingerprint density at radius 2 is 1.90 bits per heavy atom. The Labute approximate surface area is 64.0 Å². The molecule has 0 unspecified atom stereocenters. The van der Waals surface area contributed by atoms with Crippen molar-refractivity contribution in [1.82, 2.24) is 0 Å². The van der Waals surface area contributed by atoms with Gasteiger partial charge in [0.25, 0.3) is 0 Å². The van der Waals surface area contributed by atoms with Crippen LogP contribution in [0, 0.1) is 23.7 Å². The summed E-state index contributed by atoms with van der Waals surface area (Å²) in [6, 6.07) is 0. The van der Waals surface area contributed by atoms with Crippen LogP contribution in [0.4, 0.5) is 0 Å². The van der Waals surface area contributed by atoms with Crippen molar-refractivity contribution in [3.05, 3.63) is 0 Å². The van der Waals surface area contributed by atoms with Crippen LogP contribution in [0.1, 0.15) is 39.5 Å². The molecule has 0 aromatic rings. The number of hydrogen-bond acceptors (Lipinski definition) is 0. The highest BCUT2D eigenvalue weighted by Crippen LogP contribution is 2.50. The summed E-state index contributed by atoms with van der Waals surface area (Å²) in [4.78, 5) is 0. The van der Waals surface area contributed by atoms with Gasteiger partial charge in [0.05, 0.1) is 0 Å². The molecule has 0 heterocycles. The quantitative estimate of drug-likeness (QED) is 0.522. The van der Waals surface area contributed by atoms with Gasteiger partial charge in [-0.1, -0.05) is 20.3 Å². The van der Waals surface area contributed by atoms with Gasteiger partial charge in [0.2, 0.25) is 0 Å². The lowest BCUT2D eigenvalue weighted by atomic mass is 9.81. The molecule has 10 heavy (non-hydrogen) atoms. The van der Waals surface area contributed by atoms with E-state index in [-0.39, 0.29) is 0 Å². The summed E-state index contributed by atoms with van der Waals surface area (Å²) >= 11 is 0. The Balaban J connectivity index is 2.02. The van der Waals surface area contributed by atoms with E-state index in [9.17, 15) is 0 Å². The van der Waals surface area contributed by atoms with Crippen LogP contribution in [0.5, 0.6) is 0 Å². The molecule has 2 rings (SSSR count). The molecule has 0 aromatic heterocycles. The summed E-state index contributed by atoms with van der Waals surface area (Å²) in [5.74, 6) is 4.32. The second kappa shape index (κ2) is 2.25. The van der Waals surface area contributed by atoms with Crippen LogP contribution >= 0.6 is 0 Å². The van der Waals surface area contributed by atoms with Gasteiger partial charge < -0.3 is 0 Å². The fourth-order valence-corrected chi connectivity index (χ4v) is 3.11. The first-order valence-electron chi connectivity index (χ1n) is 4.77. The SMILES string of the molecule is CC(C)[C@@H]1C[C@H]2CC[C@@H]1C2. The van der Waals surface area contributed by atoms with E-state index >= 15 is 0 Å². The summed E-state index contributed by atoms with van der Waals surface area (Å²) in [5.41, 5.74) is 0. The predicted octanol–water partition coefficient (Wildman–Crippen LogP) is 3.08. The number of rotatable bonds is 1. The van der Waals surface area contributed by atoms with Crippen molar-refractivity contribution in [2.24, 2.45) is 23.7 Å². The maximum Gasteiger partial charge on any atom is -0.0360 e. The van der Waals surface area contributed by atoms with Crippen molar-refractivity contribution in [3.63, 3.8) is 0 Å². The minimum absolute atomic E-state index is 0.954. The van der Waals surface area contributed by atoms with E-state index in [0.717, 1.165) is 23.7 Å². The summed E-state index contributed by atoms with van der Waals surface area (Å²) in [5, 5.41) is 0. The highest BCUT2D eigenvalue weighted by molar-refractivity contribution is 4.90. The molecule has 0 aliphatic heterocycles. The maximum atomic E-state index is 2.39. The average Bonchev–Trinajstić information content (AvgIpc) is 2.44. The Morgan fingerprint density at radius 1 is 1.10 bits per heavy atom. The highest BCUT2D eigenvalue weighted by Gasteiger charge is 2.40. The third kappa shape index (κ3) is 0.889. The van der Waals surface area contributed by atoms with E-state index in [1.807, 2.05) is 0 Å². The zero-order valence-electron chi connectivity index (χ0n) is 7.14. The average molecular weight is 138 g/mol.